The summed E-state index contributed by atoms with van der Waals surface area (Å²) in [6.07, 6.45) is 4.67. The highest BCUT2D eigenvalue weighted by molar-refractivity contribution is 9.08. The van der Waals surface area contributed by atoms with Crippen LogP contribution in [-0.4, -0.2) is 22.5 Å². The maximum atomic E-state index is 4.84. The number of halogens is 1. The molecule has 20 heavy (non-hydrogen) atoms. The Bertz CT molecular complexity index is 582. The minimum absolute atomic E-state index is 0.800. The van der Waals surface area contributed by atoms with Crippen molar-refractivity contribution in [2.75, 3.05) is 18.0 Å². The fraction of sp³-hybridized carbons (Fsp3) is 0.562. The average Bonchev–Trinajstić information content (AvgIpc) is 2.85. The van der Waals surface area contributed by atoms with Crippen molar-refractivity contribution in [3.63, 3.8) is 0 Å². The summed E-state index contributed by atoms with van der Waals surface area (Å²) in [4.78, 5) is 7.30. The second-order valence-corrected chi connectivity index (χ2v) is 6.57. The number of hydrogen-bond donors (Lipinski definition) is 0. The van der Waals surface area contributed by atoms with Crippen molar-refractivity contribution < 1.29 is 0 Å². The first kappa shape index (κ1) is 13.9. The zero-order chi connectivity index (χ0) is 14.1. The van der Waals surface area contributed by atoms with E-state index >= 15 is 0 Å². The van der Waals surface area contributed by atoms with Gasteiger partial charge < -0.3 is 9.30 Å². The molecule has 3 rings (SSSR count). The SMILES string of the molecule is CC(C)C1CCN(c2nc3ccccn3c2CBr)CC1. The van der Waals surface area contributed by atoms with Crippen LogP contribution in [0, 0.1) is 11.8 Å². The van der Waals surface area contributed by atoms with Gasteiger partial charge in [0.2, 0.25) is 0 Å². The van der Waals surface area contributed by atoms with Gasteiger partial charge >= 0.3 is 0 Å². The van der Waals surface area contributed by atoms with Crippen molar-refractivity contribution in [2.24, 2.45) is 11.8 Å². The third-order valence-electron chi connectivity index (χ3n) is 4.52. The summed E-state index contributed by atoms with van der Waals surface area (Å²) in [5.41, 5.74) is 2.31. The highest BCUT2D eigenvalue weighted by Crippen LogP contribution is 2.30. The van der Waals surface area contributed by atoms with Gasteiger partial charge in [0.15, 0.2) is 5.82 Å². The van der Waals surface area contributed by atoms with E-state index in [9.17, 15) is 0 Å². The Kier molecular flexibility index (Phi) is 4.01. The van der Waals surface area contributed by atoms with Crippen molar-refractivity contribution in [3.05, 3.63) is 30.1 Å². The summed E-state index contributed by atoms with van der Waals surface area (Å²) >= 11 is 3.62. The molecule has 0 spiro atoms. The molecule has 108 valence electrons. The molecule has 0 saturated carbocycles. The third-order valence-corrected chi connectivity index (χ3v) is 5.05. The number of pyridine rings is 1. The largest absolute Gasteiger partial charge is 0.355 e. The molecule has 0 atom stereocenters. The smallest absolute Gasteiger partial charge is 0.152 e. The van der Waals surface area contributed by atoms with Crippen LogP contribution in [0.2, 0.25) is 0 Å². The van der Waals surface area contributed by atoms with Crippen molar-refractivity contribution in [2.45, 2.75) is 32.0 Å². The lowest BCUT2D eigenvalue weighted by Gasteiger charge is -2.34. The van der Waals surface area contributed by atoms with Gasteiger partial charge in [-0.25, -0.2) is 4.98 Å². The normalized spacial score (nSPS) is 17.3. The number of imidazole rings is 1. The Hall–Kier alpha value is -1.03. The predicted octanol–water partition coefficient (Wildman–Crippen LogP) is 4.10. The van der Waals surface area contributed by atoms with Crippen LogP contribution in [-0.2, 0) is 5.33 Å². The van der Waals surface area contributed by atoms with Gasteiger partial charge in [-0.1, -0.05) is 35.8 Å². The number of rotatable bonds is 3. The molecular weight excluding hydrogens is 314 g/mol. The van der Waals surface area contributed by atoms with Crippen LogP contribution in [0.15, 0.2) is 24.4 Å². The fourth-order valence-corrected chi connectivity index (χ4v) is 3.71. The van der Waals surface area contributed by atoms with E-state index in [0.717, 1.165) is 41.7 Å². The predicted molar refractivity (Wildman–Crippen MR) is 87.6 cm³/mol. The first-order valence-electron chi connectivity index (χ1n) is 7.47. The van der Waals surface area contributed by atoms with Gasteiger partial charge in [-0.3, -0.25) is 0 Å². The molecule has 3 nitrogen and oxygen atoms in total. The fourth-order valence-electron chi connectivity index (χ4n) is 3.19. The summed E-state index contributed by atoms with van der Waals surface area (Å²) < 4.78 is 2.19. The maximum Gasteiger partial charge on any atom is 0.152 e. The highest BCUT2D eigenvalue weighted by atomic mass is 79.9. The molecular formula is C16H22BrN3. The van der Waals surface area contributed by atoms with Crippen molar-refractivity contribution in [1.82, 2.24) is 9.38 Å². The van der Waals surface area contributed by atoms with Crippen molar-refractivity contribution >= 4 is 27.4 Å². The Labute approximate surface area is 129 Å². The molecule has 0 aliphatic carbocycles. The summed E-state index contributed by atoms with van der Waals surface area (Å²) in [6, 6.07) is 6.20. The van der Waals surface area contributed by atoms with Gasteiger partial charge in [0, 0.05) is 24.6 Å². The monoisotopic (exact) mass is 335 g/mol. The molecule has 0 bridgehead atoms. The van der Waals surface area contributed by atoms with E-state index < -0.39 is 0 Å². The first-order valence-corrected chi connectivity index (χ1v) is 8.59. The molecule has 0 aromatic carbocycles. The number of aromatic nitrogens is 2. The number of anilines is 1. The lowest BCUT2D eigenvalue weighted by Crippen LogP contribution is -2.35. The Morgan fingerprint density at radius 2 is 2.05 bits per heavy atom. The summed E-state index contributed by atoms with van der Waals surface area (Å²) in [7, 11) is 0. The zero-order valence-electron chi connectivity index (χ0n) is 12.2. The second kappa shape index (κ2) is 5.76. The van der Waals surface area contributed by atoms with Crippen LogP contribution >= 0.6 is 15.9 Å². The summed E-state index contributed by atoms with van der Waals surface area (Å²) in [5, 5.41) is 0.845. The number of fused-ring (bicyclic) bond motifs is 1. The minimum atomic E-state index is 0.800. The van der Waals surface area contributed by atoms with E-state index in [1.807, 2.05) is 0 Å². The Balaban J connectivity index is 1.87. The number of hydrogen-bond acceptors (Lipinski definition) is 2. The topological polar surface area (TPSA) is 20.5 Å². The molecule has 0 unspecified atom stereocenters. The molecule has 4 heteroatoms. The van der Waals surface area contributed by atoms with E-state index in [2.05, 4.69) is 63.5 Å². The Morgan fingerprint density at radius 3 is 2.70 bits per heavy atom. The van der Waals surface area contributed by atoms with E-state index in [-0.39, 0.29) is 0 Å². The minimum Gasteiger partial charge on any atom is -0.355 e. The average molecular weight is 336 g/mol. The van der Waals surface area contributed by atoms with Gasteiger partial charge in [0.1, 0.15) is 5.65 Å². The van der Waals surface area contributed by atoms with E-state index in [1.54, 1.807) is 0 Å². The molecule has 1 aliphatic rings. The quantitative estimate of drug-likeness (QED) is 0.787. The van der Waals surface area contributed by atoms with Gasteiger partial charge in [-0.2, -0.15) is 0 Å². The molecule has 1 aliphatic heterocycles. The van der Waals surface area contributed by atoms with Crippen LogP contribution in [0.25, 0.3) is 5.65 Å². The van der Waals surface area contributed by atoms with Crippen LogP contribution in [0.4, 0.5) is 5.82 Å². The third kappa shape index (κ3) is 2.46. The standard InChI is InChI=1S/C16H22BrN3/c1-12(2)13-6-9-19(10-7-13)16-14(11-17)20-8-4-3-5-15(20)18-16/h3-5,8,12-13H,6-7,9-11H2,1-2H3. The van der Waals surface area contributed by atoms with Gasteiger partial charge in [-0.05, 0) is 36.8 Å². The molecule has 0 N–H and O–H groups in total. The number of nitrogens with zero attached hydrogens (tertiary/aromatic N) is 3. The van der Waals surface area contributed by atoms with Crippen LogP contribution in [0.3, 0.4) is 0 Å². The summed E-state index contributed by atoms with van der Waals surface area (Å²) in [6.45, 7) is 6.95. The number of alkyl halides is 1. The molecule has 0 radical (unpaired) electrons. The highest BCUT2D eigenvalue weighted by Gasteiger charge is 2.25. The molecule has 1 saturated heterocycles. The van der Waals surface area contributed by atoms with Crippen LogP contribution < -0.4 is 4.90 Å². The lowest BCUT2D eigenvalue weighted by atomic mass is 9.87. The first-order chi connectivity index (χ1) is 9.70. The Morgan fingerprint density at radius 1 is 1.30 bits per heavy atom. The molecule has 2 aromatic rings. The lowest BCUT2D eigenvalue weighted by molar-refractivity contribution is 0.310. The summed E-state index contributed by atoms with van der Waals surface area (Å²) in [5.74, 6) is 2.83. The molecule has 0 amide bonds. The van der Waals surface area contributed by atoms with Gasteiger partial charge in [0.05, 0.1) is 5.69 Å². The number of piperidine rings is 1. The molecule has 1 fully saturated rings. The van der Waals surface area contributed by atoms with Crippen molar-refractivity contribution in [1.29, 1.82) is 0 Å². The van der Waals surface area contributed by atoms with E-state index in [4.69, 9.17) is 4.98 Å². The molecule has 3 heterocycles. The van der Waals surface area contributed by atoms with E-state index in [1.165, 1.54) is 18.5 Å². The maximum absolute atomic E-state index is 4.84. The second-order valence-electron chi connectivity index (χ2n) is 6.01. The van der Waals surface area contributed by atoms with Crippen LogP contribution in [0.5, 0.6) is 0 Å². The zero-order valence-corrected chi connectivity index (χ0v) is 13.8. The molecule has 2 aromatic heterocycles. The van der Waals surface area contributed by atoms with E-state index in [0.29, 0.717) is 0 Å². The van der Waals surface area contributed by atoms with Gasteiger partial charge in [-0.15, -0.1) is 0 Å². The van der Waals surface area contributed by atoms with Crippen molar-refractivity contribution in [3.8, 4) is 0 Å². The van der Waals surface area contributed by atoms with Crippen LogP contribution in [0.1, 0.15) is 32.4 Å². The van der Waals surface area contributed by atoms with Gasteiger partial charge in [0.25, 0.3) is 0 Å².